The molecule has 6 rings (SSSR count). The predicted octanol–water partition coefficient (Wildman–Crippen LogP) is 6.47. The number of amides is 2. The maximum Gasteiger partial charge on any atom is 0.279 e. The molecule has 1 N–H and O–H groups in total. The number of fused-ring (bicyclic) bond motifs is 3. The van der Waals surface area contributed by atoms with E-state index in [1.54, 1.807) is 53.4 Å². The highest BCUT2D eigenvalue weighted by Crippen LogP contribution is 2.51. The Kier molecular flexibility index (Phi) is 5.59. The average Bonchev–Trinajstić information content (AvgIpc) is 3.14. The number of hydrogen-bond donors (Lipinski definition) is 1. The zero-order valence-electron chi connectivity index (χ0n) is 19.7. The lowest BCUT2D eigenvalue weighted by molar-refractivity contribution is -0.122. The summed E-state index contributed by atoms with van der Waals surface area (Å²) in [6.45, 7) is 0.132. The van der Waals surface area contributed by atoms with E-state index in [0.29, 0.717) is 49.5 Å². The topological polar surface area (TPSA) is 61.9 Å². The van der Waals surface area contributed by atoms with Gasteiger partial charge in [0.25, 0.3) is 11.8 Å². The summed E-state index contributed by atoms with van der Waals surface area (Å²) in [5.41, 5.74) is 1.84. The molecule has 0 aliphatic carbocycles. The fourth-order valence-electron chi connectivity index (χ4n) is 5.18. The molecule has 4 aromatic rings. The quantitative estimate of drug-likeness (QED) is 0.329. The van der Waals surface area contributed by atoms with Crippen molar-refractivity contribution in [3.63, 3.8) is 0 Å². The second-order valence-corrected chi connectivity index (χ2v) is 9.62. The summed E-state index contributed by atoms with van der Waals surface area (Å²) in [6.07, 6.45) is 0. The van der Waals surface area contributed by atoms with Crippen LogP contribution in [-0.2, 0) is 17.0 Å². The summed E-state index contributed by atoms with van der Waals surface area (Å²) in [4.78, 5) is 32.0. The molecule has 0 fully saturated rings. The number of rotatable bonds is 4. The first-order chi connectivity index (χ1) is 18.0. The molecule has 0 unspecified atom stereocenters. The van der Waals surface area contributed by atoms with Crippen LogP contribution in [0.25, 0.3) is 0 Å². The van der Waals surface area contributed by atoms with Gasteiger partial charge in [-0.05, 0) is 42.5 Å². The van der Waals surface area contributed by atoms with Crippen LogP contribution in [0.15, 0.2) is 91.0 Å². The lowest BCUT2D eigenvalue weighted by atomic mass is 9.92. The van der Waals surface area contributed by atoms with Gasteiger partial charge in [0.05, 0.1) is 30.6 Å². The first-order valence-electron chi connectivity index (χ1n) is 11.7. The van der Waals surface area contributed by atoms with Crippen molar-refractivity contribution >= 4 is 52.1 Å². The zero-order valence-corrected chi connectivity index (χ0v) is 21.3. The van der Waals surface area contributed by atoms with Crippen molar-refractivity contribution in [3.05, 3.63) is 118 Å². The van der Waals surface area contributed by atoms with E-state index in [9.17, 15) is 9.59 Å². The number of halogens is 2. The molecule has 0 bridgehead atoms. The Balaban J connectivity index is 1.61. The van der Waals surface area contributed by atoms with Gasteiger partial charge in [0, 0.05) is 26.9 Å². The highest BCUT2D eigenvalue weighted by atomic mass is 35.5. The number of benzene rings is 4. The minimum Gasteiger partial charge on any atom is -0.495 e. The second-order valence-electron chi connectivity index (χ2n) is 8.80. The number of nitrogens with one attached hydrogen (secondary N) is 1. The summed E-state index contributed by atoms with van der Waals surface area (Å²) in [5.74, 6) is -0.188. The number of methoxy groups -OCH3 is 1. The van der Waals surface area contributed by atoms with E-state index >= 15 is 0 Å². The van der Waals surface area contributed by atoms with Crippen molar-refractivity contribution in [1.29, 1.82) is 0 Å². The third kappa shape index (κ3) is 3.40. The van der Waals surface area contributed by atoms with Gasteiger partial charge >= 0.3 is 0 Å². The van der Waals surface area contributed by atoms with Crippen LogP contribution in [0.3, 0.4) is 0 Å². The van der Waals surface area contributed by atoms with Crippen LogP contribution in [-0.4, -0.2) is 18.9 Å². The molecule has 6 nitrogen and oxygen atoms in total. The van der Waals surface area contributed by atoms with E-state index in [1.807, 2.05) is 42.5 Å². The Morgan fingerprint density at radius 3 is 2.22 bits per heavy atom. The van der Waals surface area contributed by atoms with Crippen molar-refractivity contribution in [3.8, 4) is 5.75 Å². The Morgan fingerprint density at radius 2 is 1.46 bits per heavy atom. The summed E-state index contributed by atoms with van der Waals surface area (Å²) in [7, 11) is 1.54. The highest BCUT2D eigenvalue weighted by molar-refractivity contribution is 6.36. The molecule has 37 heavy (non-hydrogen) atoms. The summed E-state index contributed by atoms with van der Waals surface area (Å²) >= 11 is 13.0. The number of carbonyl (C=O) groups excluding carboxylic acids is 2. The highest BCUT2D eigenvalue weighted by Gasteiger charge is 2.60. The van der Waals surface area contributed by atoms with E-state index in [2.05, 4.69) is 5.32 Å². The SMILES string of the molecule is COc1ccccc1N1C(=O)c2ccccc2N[C@@]12C(=O)N(Cc1c(Cl)cccc1Cl)c1ccccc12. The van der Waals surface area contributed by atoms with Gasteiger partial charge in [0.2, 0.25) is 5.66 Å². The van der Waals surface area contributed by atoms with Crippen LogP contribution in [0.4, 0.5) is 17.1 Å². The van der Waals surface area contributed by atoms with Crippen molar-refractivity contribution in [2.75, 3.05) is 22.2 Å². The molecule has 0 saturated heterocycles. The maximum atomic E-state index is 14.6. The normalized spacial score (nSPS) is 18.0. The molecule has 2 amide bonds. The van der Waals surface area contributed by atoms with Crippen molar-refractivity contribution in [1.82, 2.24) is 0 Å². The predicted molar refractivity (Wildman–Crippen MR) is 146 cm³/mol. The van der Waals surface area contributed by atoms with Gasteiger partial charge in [-0.15, -0.1) is 0 Å². The van der Waals surface area contributed by atoms with Gasteiger partial charge in [0.1, 0.15) is 5.75 Å². The molecule has 0 aromatic heterocycles. The van der Waals surface area contributed by atoms with E-state index in [1.165, 1.54) is 12.0 Å². The molecule has 1 spiro atoms. The molecule has 0 saturated carbocycles. The van der Waals surface area contributed by atoms with Crippen molar-refractivity contribution in [2.24, 2.45) is 0 Å². The molecular formula is C29H21Cl2N3O3. The second kappa shape index (κ2) is 8.83. The summed E-state index contributed by atoms with van der Waals surface area (Å²) < 4.78 is 5.63. The lowest BCUT2D eigenvalue weighted by Gasteiger charge is -2.45. The number of para-hydroxylation sites is 4. The van der Waals surface area contributed by atoms with E-state index in [-0.39, 0.29) is 18.4 Å². The first-order valence-corrected chi connectivity index (χ1v) is 12.4. The van der Waals surface area contributed by atoms with Crippen molar-refractivity contribution < 1.29 is 14.3 Å². The zero-order chi connectivity index (χ0) is 25.7. The van der Waals surface area contributed by atoms with Crippen LogP contribution < -0.4 is 19.9 Å². The monoisotopic (exact) mass is 529 g/mol. The molecular weight excluding hydrogens is 509 g/mol. The molecule has 2 heterocycles. The summed E-state index contributed by atoms with van der Waals surface area (Å²) in [6, 6.07) is 27.0. The molecule has 4 aromatic carbocycles. The lowest BCUT2D eigenvalue weighted by Crippen LogP contribution is -2.63. The van der Waals surface area contributed by atoms with Gasteiger partial charge in [0.15, 0.2) is 0 Å². The largest absolute Gasteiger partial charge is 0.495 e. The van der Waals surface area contributed by atoms with Gasteiger partial charge in [-0.1, -0.05) is 71.7 Å². The van der Waals surface area contributed by atoms with Crippen LogP contribution in [0.5, 0.6) is 5.75 Å². The van der Waals surface area contributed by atoms with Crippen LogP contribution in [0.2, 0.25) is 10.0 Å². The maximum absolute atomic E-state index is 14.6. The standard InChI is InChI=1S/C29H21Cl2N3O3/c1-37-26-16-7-6-15-25(26)34-27(35)18-9-2-4-13-23(18)32-29(34)20-10-3-5-14-24(20)33(28(29)36)17-19-21(30)11-8-12-22(19)31/h2-16,32H,17H2,1H3/t29-/m1/s1. The van der Waals surface area contributed by atoms with E-state index in [4.69, 9.17) is 27.9 Å². The van der Waals surface area contributed by atoms with Crippen LogP contribution in [0, 0.1) is 0 Å². The Bertz CT molecular complexity index is 1550. The fraction of sp³-hybridized carbons (Fsp3) is 0.103. The molecule has 8 heteroatoms. The van der Waals surface area contributed by atoms with Gasteiger partial charge in [-0.2, -0.15) is 0 Å². The number of nitrogens with zero attached hydrogens (tertiary/aromatic N) is 2. The Hall–Kier alpha value is -4.00. The van der Waals surface area contributed by atoms with Crippen molar-refractivity contribution in [2.45, 2.75) is 12.2 Å². The molecule has 2 aliphatic heterocycles. The van der Waals surface area contributed by atoms with E-state index < -0.39 is 5.66 Å². The van der Waals surface area contributed by atoms with E-state index in [0.717, 1.165) is 0 Å². The number of hydrogen-bond acceptors (Lipinski definition) is 4. The molecule has 1 atom stereocenters. The van der Waals surface area contributed by atoms with Crippen LogP contribution in [0.1, 0.15) is 21.5 Å². The first kappa shape index (κ1) is 23.4. The van der Waals surface area contributed by atoms with Gasteiger partial charge < -0.3 is 15.0 Å². The Morgan fingerprint density at radius 1 is 0.811 bits per heavy atom. The van der Waals surface area contributed by atoms with Gasteiger partial charge in [-0.25, -0.2) is 0 Å². The van der Waals surface area contributed by atoms with Crippen LogP contribution >= 0.6 is 23.2 Å². The summed E-state index contributed by atoms with van der Waals surface area (Å²) in [5, 5.41) is 4.36. The number of carbonyl (C=O) groups is 2. The average molecular weight is 530 g/mol. The van der Waals surface area contributed by atoms with Gasteiger partial charge in [-0.3, -0.25) is 14.5 Å². The Labute approximate surface area is 224 Å². The fourth-order valence-corrected chi connectivity index (χ4v) is 5.69. The molecule has 184 valence electrons. The smallest absolute Gasteiger partial charge is 0.279 e. The molecule has 2 aliphatic rings. The minimum atomic E-state index is -1.57. The number of ether oxygens (including phenoxy) is 1. The number of anilines is 3. The molecule has 0 radical (unpaired) electrons. The minimum absolute atomic E-state index is 0.132. The third-order valence-electron chi connectivity index (χ3n) is 6.85. The third-order valence-corrected chi connectivity index (χ3v) is 7.56.